The van der Waals surface area contributed by atoms with Crippen molar-refractivity contribution in [2.24, 2.45) is 34.5 Å². The van der Waals surface area contributed by atoms with Crippen molar-refractivity contribution in [3.05, 3.63) is 35.9 Å². The summed E-state index contributed by atoms with van der Waals surface area (Å²) in [6.45, 7) is 5.44. The Kier molecular flexibility index (Phi) is 7.48. The lowest BCUT2D eigenvalue weighted by Crippen LogP contribution is -2.80. The molecule has 1 aromatic carbocycles. The Labute approximate surface area is 264 Å². The minimum absolute atomic E-state index is 0.101. The molecule has 7 rings (SSSR count). The Balaban J connectivity index is 1.52. The minimum Gasteiger partial charge on any atom is -0.455 e. The fourth-order valence-corrected chi connectivity index (χ4v) is 12.4. The van der Waals surface area contributed by atoms with Crippen LogP contribution in [0.15, 0.2) is 30.3 Å². The van der Waals surface area contributed by atoms with Crippen molar-refractivity contribution in [1.82, 2.24) is 4.90 Å². The Morgan fingerprint density at radius 3 is 2.36 bits per heavy atom. The van der Waals surface area contributed by atoms with Crippen LogP contribution in [-0.4, -0.2) is 123 Å². The maximum atomic E-state index is 13.7. The topological polar surface area (TPSA) is 133 Å². The molecule has 11 nitrogen and oxygen atoms in total. The van der Waals surface area contributed by atoms with Crippen LogP contribution >= 0.6 is 0 Å². The van der Waals surface area contributed by atoms with E-state index in [9.17, 15) is 19.8 Å². The highest BCUT2D eigenvalue weighted by molar-refractivity contribution is 5.89. The first kappa shape index (κ1) is 31.5. The zero-order valence-corrected chi connectivity index (χ0v) is 27.0. The monoisotopic (exact) mass is 629 g/mol. The van der Waals surface area contributed by atoms with E-state index < -0.39 is 64.8 Å². The van der Waals surface area contributed by atoms with Crippen LogP contribution in [0.1, 0.15) is 43.5 Å². The molecule has 0 radical (unpaired) electrons. The van der Waals surface area contributed by atoms with Gasteiger partial charge in [0.15, 0.2) is 5.60 Å². The number of hydrogen-bond acceptors (Lipinski definition) is 11. The summed E-state index contributed by atoms with van der Waals surface area (Å²) >= 11 is 0. The van der Waals surface area contributed by atoms with Crippen molar-refractivity contribution in [2.75, 3.05) is 48.1 Å². The van der Waals surface area contributed by atoms with E-state index in [-0.39, 0.29) is 35.8 Å². The molecule has 6 fully saturated rings. The molecule has 0 aromatic heterocycles. The summed E-state index contributed by atoms with van der Waals surface area (Å²) in [4.78, 5) is 29.4. The van der Waals surface area contributed by atoms with E-state index in [0.717, 1.165) is 19.4 Å². The second-order valence-electron chi connectivity index (χ2n) is 14.3. The van der Waals surface area contributed by atoms with Gasteiger partial charge in [0, 0.05) is 76.5 Å². The number of carbonyl (C=O) groups excluding carboxylic acids is 2. The SMILES string of the molecule is CCN1C[C@]2(COC)CCC(OC)[C@@]34[C@@H]5C[C@@]6(O)C(OC)C(O)[C@@](OC(C)=O)([C@H]5C6OC(=O)c5ccccc5)[C@@H](C(OC)[C@H]23)[C@@H]14. The van der Waals surface area contributed by atoms with Crippen LogP contribution in [0.5, 0.6) is 0 Å². The van der Waals surface area contributed by atoms with Gasteiger partial charge in [0.2, 0.25) is 0 Å². The van der Waals surface area contributed by atoms with E-state index in [0.29, 0.717) is 18.7 Å². The molecule has 0 amide bonds. The number of nitrogens with zero attached hydrogens (tertiary/aromatic N) is 1. The number of aliphatic hydroxyl groups is 2. The molecular weight excluding hydrogens is 582 g/mol. The van der Waals surface area contributed by atoms with Gasteiger partial charge in [-0.1, -0.05) is 25.1 Å². The van der Waals surface area contributed by atoms with Crippen molar-refractivity contribution in [3.63, 3.8) is 0 Å². The van der Waals surface area contributed by atoms with Gasteiger partial charge < -0.3 is 38.6 Å². The molecule has 14 atom stereocenters. The average molecular weight is 630 g/mol. The fraction of sp³-hybridized carbons (Fsp3) is 0.765. The number of hydrogen-bond donors (Lipinski definition) is 2. The molecule has 7 bridgehead atoms. The maximum absolute atomic E-state index is 13.7. The molecule has 2 N–H and O–H groups in total. The number of fused-ring (bicyclic) bond motifs is 2. The number of ether oxygens (including phenoxy) is 6. The zero-order valence-electron chi connectivity index (χ0n) is 27.0. The molecule has 11 heteroatoms. The van der Waals surface area contributed by atoms with E-state index in [1.807, 2.05) is 6.07 Å². The predicted molar refractivity (Wildman–Crippen MR) is 159 cm³/mol. The van der Waals surface area contributed by atoms with Crippen LogP contribution in [0, 0.1) is 34.5 Å². The van der Waals surface area contributed by atoms with Crippen molar-refractivity contribution < 1.29 is 48.2 Å². The Hall–Kier alpha value is -2.12. The first-order chi connectivity index (χ1) is 21.6. The summed E-state index contributed by atoms with van der Waals surface area (Å²) in [7, 11) is 6.59. The molecule has 45 heavy (non-hydrogen) atoms. The minimum atomic E-state index is -1.76. The van der Waals surface area contributed by atoms with Gasteiger partial charge in [-0.2, -0.15) is 0 Å². The Bertz CT molecular complexity index is 1330. The van der Waals surface area contributed by atoms with E-state index in [4.69, 9.17) is 28.4 Å². The van der Waals surface area contributed by atoms with Gasteiger partial charge in [-0.05, 0) is 43.9 Å². The molecule has 5 saturated carbocycles. The molecule has 1 aliphatic heterocycles. The zero-order chi connectivity index (χ0) is 32.1. The van der Waals surface area contributed by atoms with Gasteiger partial charge in [0.05, 0.1) is 24.4 Å². The quantitative estimate of drug-likeness (QED) is 0.387. The molecule has 248 valence electrons. The molecule has 5 aliphatic carbocycles. The molecule has 1 heterocycles. The lowest BCUT2D eigenvalue weighted by Gasteiger charge is -2.69. The van der Waals surface area contributed by atoms with Crippen molar-refractivity contribution >= 4 is 11.9 Å². The van der Waals surface area contributed by atoms with Gasteiger partial charge in [0.25, 0.3) is 0 Å². The summed E-state index contributed by atoms with van der Waals surface area (Å²) in [6.07, 6.45) is -2.64. The van der Waals surface area contributed by atoms with Crippen LogP contribution in [-0.2, 0) is 33.2 Å². The third kappa shape index (κ3) is 3.66. The molecule has 1 aromatic rings. The van der Waals surface area contributed by atoms with Crippen molar-refractivity contribution in [2.45, 2.75) is 80.9 Å². The number of piperidine rings is 1. The number of likely N-dealkylation sites (tertiary alicyclic amines) is 1. The molecule has 1 spiro atoms. The normalized spacial score (nSPS) is 49.1. The molecule has 1 saturated heterocycles. The van der Waals surface area contributed by atoms with Gasteiger partial charge in [-0.3, -0.25) is 9.69 Å². The van der Waals surface area contributed by atoms with Crippen LogP contribution in [0.2, 0.25) is 0 Å². The largest absolute Gasteiger partial charge is 0.455 e. The first-order valence-corrected chi connectivity index (χ1v) is 16.2. The summed E-state index contributed by atoms with van der Waals surface area (Å²) in [5, 5.41) is 25.3. The number of carbonyl (C=O) groups is 2. The summed E-state index contributed by atoms with van der Waals surface area (Å²) < 4.78 is 37.7. The number of benzene rings is 1. The van der Waals surface area contributed by atoms with E-state index in [1.54, 1.807) is 45.6 Å². The molecule has 6 aliphatic rings. The summed E-state index contributed by atoms with van der Waals surface area (Å²) in [5.41, 5.74) is -3.92. The van der Waals surface area contributed by atoms with E-state index in [2.05, 4.69) is 11.8 Å². The number of aliphatic hydroxyl groups excluding tert-OH is 1. The Morgan fingerprint density at radius 1 is 1.02 bits per heavy atom. The van der Waals surface area contributed by atoms with Crippen LogP contribution in [0.4, 0.5) is 0 Å². The molecular formula is C34H47NO10. The number of rotatable bonds is 9. The maximum Gasteiger partial charge on any atom is 0.338 e. The van der Waals surface area contributed by atoms with Gasteiger partial charge in [-0.15, -0.1) is 0 Å². The summed E-state index contributed by atoms with van der Waals surface area (Å²) in [6, 6.07) is 8.42. The average Bonchev–Trinajstić information content (AvgIpc) is 3.40. The fourth-order valence-electron chi connectivity index (χ4n) is 12.4. The highest BCUT2D eigenvalue weighted by Crippen LogP contribution is 2.80. The number of methoxy groups -OCH3 is 4. The standard InChI is InChI=1S/C34H47NO10/c1-7-35-16-31(17-40-3)14-13-21(41-4)33-20-15-32(39)28(44-30(38)19-11-9-8-10-12-19)22(20)34(45-18(2)36,27(37)29(32)43-6)23(26(33)35)24(42-5)25(31)33/h8-12,20-29,37,39H,7,13-17H2,1-6H3/t20-,21?,22-,23+,24?,25-,26-,27?,28?,29?,31+,32+,33+,34-/m1/s1. The first-order valence-electron chi connectivity index (χ1n) is 16.2. The lowest BCUT2D eigenvalue weighted by molar-refractivity contribution is -0.317. The van der Waals surface area contributed by atoms with Crippen LogP contribution in [0.3, 0.4) is 0 Å². The third-order valence-electron chi connectivity index (χ3n) is 13.0. The van der Waals surface area contributed by atoms with Crippen molar-refractivity contribution in [3.8, 4) is 0 Å². The van der Waals surface area contributed by atoms with Crippen LogP contribution < -0.4 is 0 Å². The third-order valence-corrected chi connectivity index (χ3v) is 13.0. The number of esters is 2. The second kappa shape index (κ2) is 10.7. The highest BCUT2D eigenvalue weighted by atomic mass is 16.6. The van der Waals surface area contributed by atoms with E-state index >= 15 is 0 Å². The van der Waals surface area contributed by atoms with Crippen LogP contribution in [0.25, 0.3) is 0 Å². The van der Waals surface area contributed by atoms with Gasteiger partial charge >= 0.3 is 11.9 Å². The highest BCUT2D eigenvalue weighted by Gasteiger charge is 2.91. The Morgan fingerprint density at radius 2 is 1.76 bits per heavy atom. The van der Waals surface area contributed by atoms with E-state index in [1.165, 1.54) is 14.0 Å². The predicted octanol–water partition coefficient (Wildman–Crippen LogP) is 1.68. The summed E-state index contributed by atoms with van der Waals surface area (Å²) in [5.74, 6) is -2.95. The molecule has 5 unspecified atom stereocenters. The lowest BCUT2D eigenvalue weighted by atomic mass is 9.43. The smallest absolute Gasteiger partial charge is 0.338 e. The van der Waals surface area contributed by atoms with Gasteiger partial charge in [0.1, 0.15) is 23.9 Å². The van der Waals surface area contributed by atoms with Crippen molar-refractivity contribution in [1.29, 1.82) is 0 Å². The second-order valence-corrected chi connectivity index (χ2v) is 14.3. The van der Waals surface area contributed by atoms with Gasteiger partial charge in [-0.25, -0.2) is 4.79 Å².